The quantitative estimate of drug-likeness (QED) is 0.576. The van der Waals surface area contributed by atoms with E-state index < -0.39 is 11.9 Å². The van der Waals surface area contributed by atoms with E-state index in [-0.39, 0.29) is 12.5 Å². The van der Waals surface area contributed by atoms with E-state index >= 15 is 0 Å². The molecule has 0 aromatic heterocycles. The smallest absolute Gasteiger partial charge is 0.324 e. The van der Waals surface area contributed by atoms with Gasteiger partial charge in [0.15, 0.2) is 5.92 Å². The summed E-state index contributed by atoms with van der Waals surface area (Å²) in [6.45, 7) is 5.44. The number of hydrogen-bond donors (Lipinski definition) is 0. The molecule has 2 unspecified atom stereocenters. The zero-order chi connectivity index (χ0) is 12.7. The van der Waals surface area contributed by atoms with Crippen LogP contribution in [0.2, 0.25) is 0 Å². The maximum Gasteiger partial charge on any atom is 0.324 e. The van der Waals surface area contributed by atoms with Gasteiger partial charge in [0, 0.05) is 5.92 Å². The Hall–Kier alpha value is -2.08. The number of carbonyl (C=O) groups is 1. The molecule has 0 saturated carbocycles. The molecule has 3 nitrogen and oxygen atoms in total. The SMILES string of the molecule is C=CCOC(=O)C(C#N)C(C)c1ccccc1. The predicted octanol–water partition coefficient (Wildman–Crippen LogP) is 2.66. The van der Waals surface area contributed by atoms with Crippen LogP contribution in [0, 0.1) is 17.2 Å². The van der Waals surface area contributed by atoms with Crippen molar-refractivity contribution in [2.24, 2.45) is 5.92 Å². The van der Waals surface area contributed by atoms with Crippen molar-refractivity contribution in [1.29, 1.82) is 5.26 Å². The molecule has 0 N–H and O–H groups in total. The number of hydrogen-bond acceptors (Lipinski definition) is 3. The molecular formula is C14H15NO2. The van der Waals surface area contributed by atoms with Gasteiger partial charge >= 0.3 is 5.97 Å². The molecule has 88 valence electrons. The van der Waals surface area contributed by atoms with Crippen LogP contribution in [-0.4, -0.2) is 12.6 Å². The van der Waals surface area contributed by atoms with E-state index in [1.165, 1.54) is 6.08 Å². The second kappa shape index (κ2) is 6.49. The van der Waals surface area contributed by atoms with Gasteiger partial charge in [-0.1, -0.05) is 49.9 Å². The highest BCUT2D eigenvalue weighted by atomic mass is 16.5. The maximum atomic E-state index is 11.7. The van der Waals surface area contributed by atoms with Crippen molar-refractivity contribution in [2.45, 2.75) is 12.8 Å². The average molecular weight is 229 g/mol. The fourth-order valence-electron chi connectivity index (χ4n) is 1.55. The van der Waals surface area contributed by atoms with Crippen LogP contribution in [0.15, 0.2) is 43.0 Å². The Morgan fingerprint density at radius 3 is 2.71 bits per heavy atom. The Labute approximate surface area is 101 Å². The summed E-state index contributed by atoms with van der Waals surface area (Å²) < 4.78 is 4.91. The second-order valence-corrected chi connectivity index (χ2v) is 3.72. The van der Waals surface area contributed by atoms with Crippen molar-refractivity contribution in [3.63, 3.8) is 0 Å². The van der Waals surface area contributed by atoms with E-state index in [4.69, 9.17) is 10.00 Å². The number of nitriles is 1. The second-order valence-electron chi connectivity index (χ2n) is 3.72. The van der Waals surface area contributed by atoms with E-state index in [1.54, 1.807) is 0 Å². The standard InChI is InChI=1S/C14H15NO2/c1-3-9-17-14(16)13(10-15)11(2)12-7-5-4-6-8-12/h3-8,11,13H,1,9H2,2H3. The molecule has 17 heavy (non-hydrogen) atoms. The Balaban J connectivity index is 2.78. The molecule has 1 aromatic rings. The number of benzene rings is 1. The number of esters is 1. The van der Waals surface area contributed by atoms with Gasteiger partial charge in [0.1, 0.15) is 6.61 Å². The average Bonchev–Trinajstić information content (AvgIpc) is 2.38. The van der Waals surface area contributed by atoms with Gasteiger partial charge in [0.25, 0.3) is 0 Å². The third kappa shape index (κ3) is 3.46. The van der Waals surface area contributed by atoms with E-state index in [1.807, 2.05) is 43.3 Å². The van der Waals surface area contributed by atoms with Crippen molar-refractivity contribution in [3.05, 3.63) is 48.6 Å². The molecule has 2 atom stereocenters. The highest BCUT2D eigenvalue weighted by Crippen LogP contribution is 2.24. The summed E-state index contributed by atoms with van der Waals surface area (Å²) in [4.78, 5) is 11.7. The maximum absolute atomic E-state index is 11.7. The van der Waals surface area contributed by atoms with E-state index in [2.05, 4.69) is 6.58 Å². The van der Waals surface area contributed by atoms with Crippen LogP contribution in [0.4, 0.5) is 0 Å². The van der Waals surface area contributed by atoms with Gasteiger partial charge in [-0.05, 0) is 5.56 Å². The first-order chi connectivity index (χ1) is 8.20. The van der Waals surface area contributed by atoms with Crippen LogP contribution in [0.5, 0.6) is 0 Å². The monoisotopic (exact) mass is 229 g/mol. The van der Waals surface area contributed by atoms with Gasteiger partial charge in [-0.25, -0.2) is 0 Å². The molecule has 1 rings (SSSR count). The van der Waals surface area contributed by atoms with Crippen molar-refractivity contribution in [1.82, 2.24) is 0 Å². The molecule has 0 aliphatic rings. The molecule has 0 radical (unpaired) electrons. The molecule has 3 heteroatoms. The number of nitrogens with zero attached hydrogens (tertiary/aromatic N) is 1. The van der Waals surface area contributed by atoms with E-state index in [0.717, 1.165) is 5.56 Å². The Morgan fingerprint density at radius 2 is 2.18 bits per heavy atom. The molecule has 1 aromatic carbocycles. The third-order valence-corrected chi connectivity index (χ3v) is 2.56. The molecule has 0 heterocycles. The van der Waals surface area contributed by atoms with Crippen molar-refractivity contribution >= 4 is 5.97 Å². The summed E-state index contributed by atoms with van der Waals surface area (Å²) in [5.41, 5.74) is 0.953. The highest BCUT2D eigenvalue weighted by Gasteiger charge is 2.27. The first-order valence-corrected chi connectivity index (χ1v) is 5.42. The molecule has 0 aliphatic carbocycles. The van der Waals surface area contributed by atoms with Gasteiger partial charge in [0.05, 0.1) is 6.07 Å². The molecular weight excluding hydrogens is 214 g/mol. The van der Waals surface area contributed by atoms with Crippen molar-refractivity contribution < 1.29 is 9.53 Å². The highest BCUT2D eigenvalue weighted by molar-refractivity contribution is 5.76. The van der Waals surface area contributed by atoms with Crippen LogP contribution < -0.4 is 0 Å². The first kappa shape index (κ1) is 13.0. The fraction of sp³-hybridized carbons (Fsp3) is 0.286. The lowest BCUT2D eigenvalue weighted by molar-refractivity contribution is -0.145. The zero-order valence-corrected chi connectivity index (χ0v) is 9.80. The lowest BCUT2D eigenvalue weighted by Gasteiger charge is -2.16. The normalized spacial score (nSPS) is 13.2. The number of ether oxygens (including phenoxy) is 1. The molecule has 0 fully saturated rings. The topological polar surface area (TPSA) is 50.1 Å². The van der Waals surface area contributed by atoms with Gasteiger partial charge in [-0.2, -0.15) is 5.26 Å². The van der Waals surface area contributed by atoms with Crippen LogP contribution in [0.3, 0.4) is 0 Å². The van der Waals surface area contributed by atoms with Crippen LogP contribution in [-0.2, 0) is 9.53 Å². The number of carbonyl (C=O) groups excluding carboxylic acids is 1. The lowest BCUT2D eigenvalue weighted by Crippen LogP contribution is -2.21. The van der Waals surface area contributed by atoms with Gasteiger partial charge in [-0.3, -0.25) is 4.79 Å². The summed E-state index contributed by atoms with van der Waals surface area (Å²) >= 11 is 0. The molecule has 0 bridgehead atoms. The summed E-state index contributed by atoms with van der Waals surface area (Å²) in [6.07, 6.45) is 1.49. The minimum absolute atomic E-state index is 0.137. The molecule has 0 saturated heterocycles. The zero-order valence-electron chi connectivity index (χ0n) is 9.80. The summed E-state index contributed by atoms with van der Waals surface area (Å²) in [6, 6.07) is 11.5. The van der Waals surface area contributed by atoms with Gasteiger partial charge in [0.2, 0.25) is 0 Å². The summed E-state index contributed by atoms with van der Waals surface area (Å²) in [7, 11) is 0. The fourth-order valence-corrected chi connectivity index (χ4v) is 1.55. The minimum Gasteiger partial charge on any atom is -0.460 e. The largest absolute Gasteiger partial charge is 0.460 e. The molecule has 0 amide bonds. The van der Waals surface area contributed by atoms with Crippen molar-refractivity contribution in [2.75, 3.05) is 6.61 Å². The summed E-state index contributed by atoms with van der Waals surface area (Å²) in [5, 5.41) is 9.05. The van der Waals surface area contributed by atoms with Gasteiger partial charge < -0.3 is 4.74 Å². The molecule has 0 spiro atoms. The third-order valence-electron chi connectivity index (χ3n) is 2.56. The lowest BCUT2D eigenvalue weighted by atomic mass is 9.89. The van der Waals surface area contributed by atoms with Crippen LogP contribution >= 0.6 is 0 Å². The number of rotatable bonds is 5. The van der Waals surface area contributed by atoms with Crippen LogP contribution in [0.25, 0.3) is 0 Å². The predicted molar refractivity (Wildman–Crippen MR) is 65.1 cm³/mol. The van der Waals surface area contributed by atoms with E-state index in [0.29, 0.717) is 0 Å². The molecule has 0 aliphatic heterocycles. The van der Waals surface area contributed by atoms with Crippen LogP contribution in [0.1, 0.15) is 18.4 Å². The Morgan fingerprint density at radius 1 is 1.53 bits per heavy atom. The minimum atomic E-state index is -0.780. The Kier molecular flexibility index (Phi) is 4.96. The van der Waals surface area contributed by atoms with Gasteiger partial charge in [-0.15, -0.1) is 0 Å². The van der Waals surface area contributed by atoms with Crippen molar-refractivity contribution in [3.8, 4) is 6.07 Å². The first-order valence-electron chi connectivity index (χ1n) is 5.42. The Bertz CT molecular complexity index is 420. The van der Waals surface area contributed by atoms with E-state index in [9.17, 15) is 4.79 Å². The summed E-state index contributed by atoms with van der Waals surface area (Å²) in [5.74, 6) is -1.46.